The van der Waals surface area contributed by atoms with Gasteiger partial charge in [0.15, 0.2) is 0 Å². The molecule has 2 amide bonds. The number of rotatable bonds is 7. The largest absolute Gasteiger partial charge is 0.367 e. The molecule has 0 fully saturated rings. The van der Waals surface area contributed by atoms with Crippen LogP contribution in [0.25, 0.3) is 11.4 Å². The molecule has 9 nitrogen and oxygen atoms in total. The number of hydrogen-bond donors (Lipinski definition) is 4. The summed E-state index contributed by atoms with van der Waals surface area (Å²) in [6, 6.07) is 5.88. The summed E-state index contributed by atoms with van der Waals surface area (Å²) in [6.45, 7) is 0. The van der Waals surface area contributed by atoms with Crippen LogP contribution in [0.15, 0.2) is 49.1 Å². The average molecular weight is 352 g/mol. The van der Waals surface area contributed by atoms with Crippen molar-refractivity contribution < 1.29 is 14.4 Å². The molecule has 0 bridgehead atoms. The first-order valence-electron chi connectivity index (χ1n) is 7.77. The molecule has 0 spiro atoms. The van der Waals surface area contributed by atoms with E-state index < -0.39 is 23.6 Å². The minimum absolute atomic E-state index is 0.133. The number of carbonyl (C=O) groups excluding carboxylic acids is 3. The van der Waals surface area contributed by atoms with E-state index in [-0.39, 0.29) is 12.0 Å². The Balaban J connectivity index is 1.83. The van der Waals surface area contributed by atoms with Gasteiger partial charge in [-0.15, -0.1) is 0 Å². The molecule has 5 N–H and O–H groups in total. The number of aromatic nitrogens is 4. The lowest BCUT2D eigenvalue weighted by Gasteiger charge is -2.15. The van der Waals surface area contributed by atoms with Crippen LogP contribution < -0.4 is 11.1 Å². The summed E-state index contributed by atoms with van der Waals surface area (Å²) in [5.74, 6) is -2.54. The van der Waals surface area contributed by atoms with Crippen molar-refractivity contribution in [3.8, 4) is 11.4 Å². The quantitative estimate of drug-likeness (QED) is 0.448. The monoisotopic (exact) mass is 352 g/mol. The SMILES string of the molecule is NC(=O)C(=O)C(Cc1cc[nH]c1)NC(=O)c1c[nH]nc1-c1ccccn1. The molecule has 3 aromatic heterocycles. The molecular weight excluding hydrogens is 336 g/mol. The molecule has 26 heavy (non-hydrogen) atoms. The lowest BCUT2D eigenvalue weighted by molar-refractivity contribution is -0.137. The van der Waals surface area contributed by atoms with Gasteiger partial charge in [-0.05, 0) is 23.8 Å². The van der Waals surface area contributed by atoms with E-state index in [9.17, 15) is 14.4 Å². The second-order valence-corrected chi connectivity index (χ2v) is 5.54. The highest BCUT2D eigenvalue weighted by molar-refractivity contribution is 6.38. The molecule has 0 aromatic carbocycles. The second-order valence-electron chi connectivity index (χ2n) is 5.54. The molecule has 0 aliphatic heterocycles. The van der Waals surface area contributed by atoms with E-state index in [0.29, 0.717) is 11.4 Å². The Bertz CT molecular complexity index is 917. The number of H-pyrrole nitrogens is 2. The molecule has 3 rings (SSSR count). The third-order valence-corrected chi connectivity index (χ3v) is 3.76. The third-order valence-electron chi connectivity index (χ3n) is 3.76. The van der Waals surface area contributed by atoms with E-state index in [1.165, 1.54) is 6.20 Å². The van der Waals surface area contributed by atoms with Gasteiger partial charge in [0.1, 0.15) is 11.7 Å². The zero-order valence-electron chi connectivity index (χ0n) is 13.6. The second kappa shape index (κ2) is 7.43. The summed E-state index contributed by atoms with van der Waals surface area (Å²) in [7, 11) is 0. The highest BCUT2D eigenvalue weighted by Crippen LogP contribution is 2.18. The number of nitrogens with one attached hydrogen (secondary N) is 3. The standard InChI is InChI=1S/C17H16N6O3/c18-16(25)15(24)13(7-10-4-6-19-8-10)22-17(26)11-9-21-23-14(11)12-3-1-2-5-20-12/h1-6,8-9,13,19H,7H2,(H2,18,25)(H,21,23)(H,22,26). The number of pyridine rings is 1. The molecule has 1 atom stereocenters. The Morgan fingerprint density at radius 1 is 1.19 bits per heavy atom. The van der Waals surface area contributed by atoms with Gasteiger partial charge in [-0.1, -0.05) is 6.07 Å². The molecule has 9 heteroatoms. The molecule has 0 saturated carbocycles. The Morgan fingerprint density at radius 2 is 2.04 bits per heavy atom. The van der Waals surface area contributed by atoms with Gasteiger partial charge in [0.2, 0.25) is 5.78 Å². The van der Waals surface area contributed by atoms with Crippen molar-refractivity contribution in [2.75, 3.05) is 0 Å². The van der Waals surface area contributed by atoms with Crippen LogP contribution in [0.2, 0.25) is 0 Å². The maximum atomic E-state index is 12.7. The fraction of sp³-hybridized carbons (Fsp3) is 0.118. The number of primary amides is 1. The fourth-order valence-corrected chi connectivity index (χ4v) is 2.50. The summed E-state index contributed by atoms with van der Waals surface area (Å²) in [5, 5.41) is 9.21. The average Bonchev–Trinajstić information content (AvgIpc) is 3.32. The Morgan fingerprint density at radius 3 is 2.69 bits per heavy atom. The van der Waals surface area contributed by atoms with Gasteiger partial charge in [0.25, 0.3) is 11.8 Å². The summed E-state index contributed by atoms with van der Waals surface area (Å²) in [6.07, 6.45) is 6.47. The Kier molecular flexibility index (Phi) is 4.88. The predicted molar refractivity (Wildman–Crippen MR) is 91.8 cm³/mol. The van der Waals surface area contributed by atoms with E-state index in [1.807, 2.05) is 0 Å². The smallest absolute Gasteiger partial charge is 0.287 e. The number of Topliss-reactive ketones (excluding diaryl/α,β-unsaturated/α-hetero) is 1. The van der Waals surface area contributed by atoms with Crippen LogP contribution in [0.3, 0.4) is 0 Å². The number of carbonyl (C=O) groups is 3. The van der Waals surface area contributed by atoms with Gasteiger partial charge in [-0.3, -0.25) is 24.5 Å². The lowest BCUT2D eigenvalue weighted by atomic mass is 10.0. The first-order valence-corrected chi connectivity index (χ1v) is 7.77. The van der Waals surface area contributed by atoms with Crippen LogP contribution in [0.5, 0.6) is 0 Å². The van der Waals surface area contributed by atoms with Crippen molar-refractivity contribution in [1.29, 1.82) is 0 Å². The fourth-order valence-electron chi connectivity index (χ4n) is 2.50. The normalized spacial score (nSPS) is 11.7. The molecular formula is C17H16N6O3. The maximum Gasteiger partial charge on any atom is 0.287 e. The summed E-state index contributed by atoms with van der Waals surface area (Å²) in [4.78, 5) is 43.1. The van der Waals surface area contributed by atoms with Gasteiger partial charge in [-0.25, -0.2) is 0 Å². The third kappa shape index (κ3) is 3.66. The van der Waals surface area contributed by atoms with Crippen LogP contribution >= 0.6 is 0 Å². The number of nitrogens with zero attached hydrogens (tertiary/aromatic N) is 2. The molecule has 0 saturated heterocycles. The number of nitrogens with two attached hydrogens (primary N) is 1. The van der Waals surface area contributed by atoms with Crippen molar-refractivity contribution in [2.45, 2.75) is 12.5 Å². The molecule has 3 aromatic rings. The minimum atomic E-state index is -1.11. The number of hydrogen-bond acceptors (Lipinski definition) is 5. The minimum Gasteiger partial charge on any atom is -0.367 e. The first-order chi connectivity index (χ1) is 12.6. The van der Waals surface area contributed by atoms with Crippen LogP contribution in [0.1, 0.15) is 15.9 Å². The highest BCUT2D eigenvalue weighted by atomic mass is 16.2. The van der Waals surface area contributed by atoms with E-state index in [1.54, 1.807) is 42.9 Å². The van der Waals surface area contributed by atoms with Crippen LogP contribution in [0.4, 0.5) is 0 Å². The first kappa shape index (κ1) is 17.1. The number of amides is 2. The van der Waals surface area contributed by atoms with Crippen LogP contribution in [-0.4, -0.2) is 43.8 Å². The van der Waals surface area contributed by atoms with Gasteiger partial charge in [0, 0.05) is 31.2 Å². The topological polar surface area (TPSA) is 147 Å². The van der Waals surface area contributed by atoms with Crippen LogP contribution in [-0.2, 0) is 16.0 Å². The van der Waals surface area contributed by atoms with Crippen molar-refractivity contribution in [3.05, 3.63) is 60.2 Å². The maximum absolute atomic E-state index is 12.7. The number of ketones is 1. The van der Waals surface area contributed by atoms with E-state index >= 15 is 0 Å². The van der Waals surface area contributed by atoms with E-state index in [2.05, 4.69) is 25.5 Å². The lowest BCUT2D eigenvalue weighted by Crippen LogP contribution is -2.47. The van der Waals surface area contributed by atoms with E-state index in [0.717, 1.165) is 5.56 Å². The summed E-state index contributed by atoms with van der Waals surface area (Å²) < 4.78 is 0. The van der Waals surface area contributed by atoms with Crippen molar-refractivity contribution in [1.82, 2.24) is 25.5 Å². The molecule has 0 radical (unpaired) electrons. The molecule has 1 unspecified atom stereocenters. The molecule has 132 valence electrons. The summed E-state index contributed by atoms with van der Waals surface area (Å²) >= 11 is 0. The molecule has 0 aliphatic rings. The molecule has 3 heterocycles. The zero-order valence-corrected chi connectivity index (χ0v) is 13.6. The van der Waals surface area contributed by atoms with Crippen molar-refractivity contribution in [2.24, 2.45) is 5.73 Å². The zero-order chi connectivity index (χ0) is 18.5. The van der Waals surface area contributed by atoms with Crippen molar-refractivity contribution in [3.63, 3.8) is 0 Å². The Labute approximate surface area is 148 Å². The van der Waals surface area contributed by atoms with Crippen molar-refractivity contribution >= 4 is 17.6 Å². The molecule has 0 aliphatic carbocycles. The van der Waals surface area contributed by atoms with Crippen LogP contribution in [0, 0.1) is 0 Å². The van der Waals surface area contributed by atoms with Gasteiger partial charge >= 0.3 is 0 Å². The van der Waals surface area contributed by atoms with Gasteiger partial charge in [0.05, 0.1) is 11.3 Å². The predicted octanol–water partition coefficient (Wildman–Crippen LogP) is 0.195. The highest BCUT2D eigenvalue weighted by Gasteiger charge is 2.27. The van der Waals surface area contributed by atoms with Gasteiger partial charge in [-0.2, -0.15) is 5.10 Å². The van der Waals surface area contributed by atoms with Gasteiger partial charge < -0.3 is 16.0 Å². The number of aromatic amines is 2. The Hall–Kier alpha value is -3.75. The summed E-state index contributed by atoms with van der Waals surface area (Å²) in [5.41, 5.74) is 6.91. The van der Waals surface area contributed by atoms with E-state index in [4.69, 9.17) is 5.73 Å².